The van der Waals surface area contributed by atoms with Gasteiger partial charge in [-0.2, -0.15) is 4.98 Å². The largest absolute Gasteiger partial charge is 0.374 e. The van der Waals surface area contributed by atoms with Crippen molar-refractivity contribution >= 4 is 0 Å². The van der Waals surface area contributed by atoms with Crippen LogP contribution in [0.1, 0.15) is 63.2 Å². The Labute approximate surface area is 107 Å². The molecular weight excluding hydrogens is 230 g/mol. The van der Waals surface area contributed by atoms with Crippen molar-refractivity contribution < 1.29 is 9.26 Å². The molecule has 3 heterocycles. The number of fused-ring (bicyclic) bond motifs is 2. The molecule has 2 N–H and O–H groups in total. The van der Waals surface area contributed by atoms with Crippen LogP contribution < -0.4 is 5.73 Å². The van der Waals surface area contributed by atoms with Gasteiger partial charge >= 0.3 is 0 Å². The summed E-state index contributed by atoms with van der Waals surface area (Å²) in [5.41, 5.74) is 6.06. The van der Waals surface area contributed by atoms with Gasteiger partial charge < -0.3 is 15.0 Å². The highest BCUT2D eigenvalue weighted by Crippen LogP contribution is 2.43. The fourth-order valence-corrected chi connectivity index (χ4v) is 3.07. The van der Waals surface area contributed by atoms with Gasteiger partial charge in [-0.15, -0.1) is 0 Å². The summed E-state index contributed by atoms with van der Waals surface area (Å²) in [6, 6.07) is -0.147. The molecule has 0 radical (unpaired) electrons. The van der Waals surface area contributed by atoms with Crippen LogP contribution in [0.15, 0.2) is 4.52 Å². The highest BCUT2D eigenvalue weighted by molar-refractivity contribution is 5.07. The summed E-state index contributed by atoms with van der Waals surface area (Å²) in [6.07, 6.45) is 4.90. The van der Waals surface area contributed by atoms with E-state index in [-0.39, 0.29) is 6.04 Å². The molecular formula is C13H21N3O2. The molecule has 0 amide bonds. The molecule has 2 aliphatic heterocycles. The van der Waals surface area contributed by atoms with Crippen LogP contribution >= 0.6 is 0 Å². The molecule has 0 spiro atoms. The Bertz CT molecular complexity index is 418. The van der Waals surface area contributed by atoms with Gasteiger partial charge in [0, 0.05) is 0 Å². The van der Waals surface area contributed by atoms with Gasteiger partial charge in [-0.25, -0.2) is 0 Å². The van der Waals surface area contributed by atoms with E-state index in [1.165, 1.54) is 6.42 Å². The number of aromatic nitrogens is 2. The Morgan fingerprint density at radius 2 is 2.22 bits per heavy atom. The molecule has 0 aliphatic carbocycles. The second kappa shape index (κ2) is 4.63. The number of hydrogen-bond donors (Lipinski definition) is 1. The zero-order chi connectivity index (χ0) is 12.7. The molecule has 4 atom stereocenters. The van der Waals surface area contributed by atoms with E-state index in [4.69, 9.17) is 15.0 Å². The maximum absolute atomic E-state index is 6.06. The molecule has 0 aromatic carbocycles. The minimum Gasteiger partial charge on any atom is -0.374 e. The predicted molar refractivity (Wildman–Crippen MR) is 65.9 cm³/mol. The van der Waals surface area contributed by atoms with E-state index in [0.29, 0.717) is 29.9 Å². The van der Waals surface area contributed by atoms with Gasteiger partial charge in [-0.3, -0.25) is 0 Å². The van der Waals surface area contributed by atoms with Crippen molar-refractivity contribution in [3.05, 3.63) is 11.7 Å². The maximum Gasteiger partial charge on any atom is 0.243 e. The fourth-order valence-electron chi connectivity index (χ4n) is 3.07. The van der Waals surface area contributed by atoms with Gasteiger partial charge in [-0.1, -0.05) is 19.0 Å². The first-order chi connectivity index (χ1) is 8.63. The first-order valence-corrected chi connectivity index (χ1v) is 6.88. The van der Waals surface area contributed by atoms with Crippen LogP contribution in [0.4, 0.5) is 0 Å². The monoisotopic (exact) mass is 251 g/mol. The van der Waals surface area contributed by atoms with Crippen LogP contribution in [-0.2, 0) is 4.74 Å². The third-order valence-electron chi connectivity index (χ3n) is 3.94. The number of rotatable bonds is 4. The molecule has 100 valence electrons. The summed E-state index contributed by atoms with van der Waals surface area (Å²) in [7, 11) is 0. The van der Waals surface area contributed by atoms with E-state index in [1.54, 1.807) is 0 Å². The van der Waals surface area contributed by atoms with Gasteiger partial charge in [0.15, 0.2) is 5.82 Å². The molecule has 5 heteroatoms. The van der Waals surface area contributed by atoms with Crippen molar-refractivity contribution in [3.8, 4) is 0 Å². The zero-order valence-corrected chi connectivity index (χ0v) is 11.0. The number of hydrogen-bond acceptors (Lipinski definition) is 5. The summed E-state index contributed by atoms with van der Waals surface area (Å²) < 4.78 is 11.1. The summed E-state index contributed by atoms with van der Waals surface area (Å²) in [4.78, 5) is 4.48. The highest BCUT2D eigenvalue weighted by atomic mass is 16.5. The molecule has 2 bridgehead atoms. The lowest BCUT2D eigenvalue weighted by Gasteiger charge is -2.14. The zero-order valence-electron chi connectivity index (χ0n) is 11.0. The van der Waals surface area contributed by atoms with Gasteiger partial charge in [0.25, 0.3) is 0 Å². The van der Waals surface area contributed by atoms with Crippen molar-refractivity contribution in [2.45, 2.75) is 63.7 Å². The van der Waals surface area contributed by atoms with E-state index in [9.17, 15) is 0 Å². The SMILES string of the molecule is CC(C)C[C@@H](N)c1nc(C2CC3CCC2O3)no1. The molecule has 3 rings (SSSR count). The lowest BCUT2D eigenvalue weighted by Crippen LogP contribution is -2.17. The number of ether oxygens (including phenoxy) is 1. The minimum atomic E-state index is -0.147. The van der Waals surface area contributed by atoms with Gasteiger partial charge in [-0.05, 0) is 31.6 Å². The molecule has 5 nitrogen and oxygen atoms in total. The molecule has 3 unspecified atom stereocenters. The van der Waals surface area contributed by atoms with Crippen molar-refractivity contribution in [1.82, 2.24) is 10.1 Å². The molecule has 2 aliphatic rings. The Kier molecular flexibility index (Phi) is 3.11. The third-order valence-corrected chi connectivity index (χ3v) is 3.94. The van der Waals surface area contributed by atoms with E-state index in [1.807, 2.05) is 0 Å². The first kappa shape index (κ1) is 12.1. The minimum absolute atomic E-state index is 0.147. The van der Waals surface area contributed by atoms with Crippen molar-refractivity contribution in [2.24, 2.45) is 11.7 Å². The molecule has 1 aromatic heterocycles. The van der Waals surface area contributed by atoms with Crippen LogP contribution in [-0.4, -0.2) is 22.3 Å². The van der Waals surface area contributed by atoms with Crippen molar-refractivity contribution in [1.29, 1.82) is 0 Å². The molecule has 2 fully saturated rings. The van der Waals surface area contributed by atoms with Crippen LogP contribution in [0.5, 0.6) is 0 Å². The Morgan fingerprint density at radius 1 is 1.39 bits per heavy atom. The summed E-state index contributed by atoms with van der Waals surface area (Å²) in [5.74, 6) is 2.20. The van der Waals surface area contributed by atoms with Crippen molar-refractivity contribution in [3.63, 3.8) is 0 Å². The Morgan fingerprint density at radius 3 is 2.83 bits per heavy atom. The van der Waals surface area contributed by atoms with E-state index in [2.05, 4.69) is 24.0 Å². The maximum atomic E-state index is 6.06. The predicted octanol–water partition coefficient (Wildman–Crippen LogP) is 2.15. The molecule has 2 saturated heterocycles. The topological polar surface area (TPSA) is 74.2 Å². The molecule has 0 saturated carbocycles. The lowest BCUT2D eigenvalue weighted by molar-refractivity contribution is 0.0996. The second-order valence-corrected chi connectivity index (χ2v) is 5.94. The van der Waals surface area contributed by atoms with Crippen LogP contribution in [0, 0.1) is 5.92 Å². The summed E-state index contributed by atoms with van der Waals surface area (Å²) in [5, 5.41) is 4.10. The average Bonchev–Trinajstić information content (AvgIpc) is 3.03. The van der Waals surface area contributed by atoms with Crippen LogP contribution in [0.25, 0.3) is 0 Å². The molecule has 18 heavy (non-hydrogen) atoms. The van der Waals surface area contributed by atoms with Gasteiger partial charge in [0.05, 0.1) is 24.2 Å². The number of nitrogens with two attached hydrogens (primary N) is 1. The fraction of sp³-hybridized carbons (Fsp3) is 0.846. The van der Waals surface area contributed by atoms with E-state index in [0.717, 1.165) is 25.1 Å². The molecule has 1 aromatic rings. The van der Waals surface area contributed by atoms with Crippen LogP contribution in [0.3, 0.4) is 0 Å². The smallest absolute Gasteiger partial charge is 0.243 e. The summed E-state index contributed by atoms with van der Waals surface area (Å²) >= 11 is 0. The standard InChI is InChI=1S/C13H21N3O2/c1-7(2)5-10(14)13-15-12(16-18-13)9-6-8-3-4-11(9)17-8/h7-11H,3-6,14H2,1-2H3/t8?,9?,10-,11?/m1/s1. The van der Waals surface area contributed by atoms with E-state index >= 15 is 0 Å². The summed E-state index contributed by atoms with van der Waals surface area (Å²) in [6.45, 7) is 4.28. The lowest BCUT2D eigenvalue weighted by atomic mass is 9.89. The first-order valence-electron chi connectivity index (χ1n) is 6.88. The average molecular weight is 251 g/mol. The van der Waals surface area contributed by atoms with Gasteiger partial charge in [0.2, 0.25) is 5.89 Å². The quantitative estimate of drug-likeness (QED) is 0.887. The second-order valence-electron chi connectivity index (χ2n) is 5.94. The Balaban J connectivity index is 1.70. The third kappa shape index (κ3) is 2.17. The van der Waals surface area contributed by atoms with Crippen LogP contribution in [0.2, 0.25) is 0 Å². The normalized spacial score (nSPS) is 32.3. The number of nitrogens with zero attached hydrogens (tertiary/aromatic N) is 2. The van der Waals surface area contributed by atoms with E-state index < -0.39 is 0 Å². The highest BCUT2D eigenvalue weighted by Gasteiger charge is 2.43. The van der Waals surface area contributed by atoms with Gasteiger partial charge in [0.1, 0.15) is 0 Å². The van der Waals surface area contributed by atoms with Crippen molar-refractivity contribution in [2.75, 3.05) is 0 Å². The Hall–Kier alpha value is -0.940.